The van der Waals surface area contributed by atoms with Crippen molar-refractivity contribution in [1.29, 1.82) is 0 Å². The van der Waals surface area contributed by atoms with E-state index >= 15 is 4.39 Å². The average Bonchev–Trinajstić information content (AvgIpc) is 3.58. The van der Waals surface area contributed by atoms with E-state index in [4.69, 9.17) is 4.74 Å². The molecule has 2 heterocycles. The van der Waals surface area contributed by atoms with Crippen LogP contribution in [0.15, 0.2) is 36.4 Å². The number of rotatable bonds is 7. The van der Waals surface area contributed by atoms with Gasteiger partial charge in [0.1, 0.15) is 12.0 Å². The van der Waals surface area contributed by atoms with Gasteiger partial charge >= 0.3 is 0 Å². The third kappa shape index (κ3) is 5.81. The molecule has 4 atom stereocenters. The topological polar surface area (TPSA) is 41.6 Å². The molecule has 3 aliphatic rings. The number of nitrogens with one attached hydrogen (secondary N) is 1. The Balaban J connectivity index is 0.000000486. The number of nitrogens with zero attached hydrogens (tertiary/aromatic N) is 1. The second kappa shape index (κ2) is 11.2. The van der Waals surface area contributed by atoms with Crippen LogP contribution in [0.5, 0.6) is 0 Å². The number of aryl methyl sites for hydroxylation is 1. The lowest BCUT2D eigenvalue weighted by Gasteiger charge is -2.26. The summed E-state index contributed by atoms with van der Waals surface area (Å²) in [6.07, 6.45) is 3.92. The second-order valence-electron chi connectivity index (χ2n) is 9.55. The van der Waals surface area contributed by atoms with Crippen LogP contribution in [0.4, 0.5) is 8.78 Å². The van der Waals surface area contributed by atoms with Gasteiger partial charge in [0, 0.05) is 17.4 Å². The van der Waals surface area contributed by atoms with E-state index < -0.39 is 18.3 Å². The van der Waals surface area contributed by atoms with E-state index in [1.165, 1.54) is 11.3 Å². The molecule has 2 aromatic rings. The minimum atomic E-state index is -1.15. The first-order chi connectivity index (χ1) is 16.4. The quantitative estimate of drug-likeness (QED) is 0.419. The van der Waals surface area contributed by atoms with Crippen LogP contribution in [0.2, 0.25) is 0 Å². The van der Waals surface area contributed by atoms with Gasteiger partial charge in [-0.15, -0.1) is 0 Å². The maximum Gasteiger partial charge on any atom is 0.210 e. The summed E-state index contributed by atoms with van der Waals surface area (Å²) in [7, 11) is 0. The molecule has 3 fully saturated rings. The third-order valence-corrected chi connectivity index (χ3v) is 8.19. The van der Waals surface area contributed by atoms with Crippen molar-refractivity contribution in [1.82, 2.24) is 9.62 Å². The standard InChI is InChI=1S/C23H26F2N2OS.C4H8O/c1-14-5-3-7-18(15(14)2)19-8-4-6-16(22(19)25)11-21-23(26-29-17-9-10-17)20(24)12-27(21)13-28;1-4-2-3-5-4/h3-8,13,17,20-21,23,26H,9-12H2,1-2H3;4H,2-3H2,1H3. The molecule has 7 heteroatoms. The van der Waals surface area contributed by atoms with E-state index in [1.807, 2.05) is 38.1 Å². The summed E-state index contributed by atoms with van der Waals surface area (Å²) in [5.41, 5.74) is 4.08. The van der Waals surface area contributed by atoms with Crippen LogP contribution in [0.25, 0.3) is 11.1 Å². The van der Waals surface area contributed by atoms with E-state index in [2.05, 4.69) is 11.6 Å². The van der Waals surface area contributed by atoms with Gasteiger partial charge in [-0.05, 0) is 68.7 Å². The van der Waals surface area contributed by atoms with Crippen molar-refractivity contribution < 1.29 is 18.3 Å². The lowest BCUT2D eigenvalue weighted by molar-refractivity contribution is -0.119. The molecule has 4 unspecified atom stereocenters. The number of ether oxygens (including phenoxy) is 1. The van der Waals surface area contributed by atoms with E-state index in [9.17, 15) is 9.18 Å². The van der Waals surface area contributed by atoms with Gasteiger partial charge < -0.3 is 9.64 Å². The van der Waals surface area contributed by atoms with Crippen LogP contribution in [-0.2, 0) is 16.0 Å². The molecular weight excluding hydrogens is 454 g/mol. The maximum atomic E-state index is 15.5. The molecule has 0 bridgehead atoms. The SMILES string of the molecule is CC1CCO1.Cc1cccc(-c2cccc(CC3C(NSC4CC4)C(F)CN3C=O)c2F)c1C. The fourth-order valence-corrected chi connectivity index (χ4v) is 5.37. The summed E-state index contributed by atoms with van der Waals surface area (Å²) in [6.45, 7) is 7.13. The fraction of sp³-hybridized carbons (Fsp3) is 0.519. The highest BCUT2D eigenvalue weighted by Gasteiger charge is 2.42. The van der Waals surface area contributed by atoms with E-state index in [1.54, 1.807) is 24.1 Å². The molecule has 1 amide bonds. The summed E-state index contributed by atoms with van der Waals surface area (Å²) in [4.78, 5) is 13.0. The summed E-state index contributed by atoms with van der Waals surface area (Å²) >= 11 is 1.55. The van der Waals surface area contributed by atoms with Crippen LogP contribution in [0.3, 0.4) is 0 Å². The summed E-state index contributed by atoms with van der Waals surface area (Å²) in [5.74, 6) is -0.289. The van der Waals surface area contributed by atoms with Crippen molar-refractivity contribution in [3.05, 3.63) is 58.9 Å². The molecule has 2 aliphatic heterocycles. The van der Waals surface area contributed by atoms with Crippen LogP contribution in [0, 0.1) is 19.7 Å². The van der Waals surface area contributed by atoms with Gasteiger partial charge in [0.25, 0.3) is 0 Å². The Kier molecular flexibility index (Phi) is 8.27. The average molecular weight is 489 g/mol. The smallest absolute Gasteiger partial charge is 0.210 e. The Morgan fingerprint density at radius 3 is 2.44 bits per heavy atom. The van der Waals surface area contributed by atoms with Crippen LogP contribution in [-0.4, -0.2) is 54.1 Å². The molecule has 0 radical (unpaired) electrons. The second-order valence-corrected chi connectivity index (χ2v) is 10.7. The van der Waals surface area contributed by atoms with Gasteiger partial charge in [0.05, 0.1) is 24.7 Å². The highest BCUT2D eigenvalue weighted by atomic mass is 32.2. The molecule has 5 rings (SSSR count). The van der Waals surface area contributed by atoms with Crippen molar-refractivity contribution in [3.8, 4) is 11.1 Å². The number of halogens is 2. The Labute approximate surface area is 205 Å². The first-order valence-corrected chi connectivity index (χ1v) is 13.0. The highest BCUT2D eigenvalue weighted by molar-refractivity contribution is 7.98. The first kappa shape index (κ1) is 25.1. The first-order valence-electron chi connectivity index (χ1n) is 12.1. The Morgan fingerprint density at radius 2 is 1.82 bits per heavy atom. The van der Waals surface area contributed by atoms with Gasteiger partial charge in [-0.2, -0.15) is 0 Å². The van der Waals surface area contributed by atoms with Crippen molar-refractivity contribution in [2.45, 2.75) is 76.1 Å². The predicted octanol–water partition coefficient (Wildman–Crippen LogP) is 5.39. The molecule has 34 heavy (non-hydrogen) atoms. The normalized spacial score (nSPS) is 26.0. The van der Waals surface area contributed by atoms with Gasteiger partial charge in [-0.3, -0.25) is 9.52 Å². The molecule has 0 aromatic heterocycles. The fourth-order valence-electron chi connectivity index (χ4n) is 4.34. The van der Waals surface area contributed by atoms with Gasteiger partial charge in [-0.25, -0.2) is 8.78 Å². The van der Waals surface area contributed by atoms with Gasteiger partial charge in [0.15, 0.2) is 0 Å². The largest absolute Gasteiger partial charge is 0.378 e. The van der Waals surface area contributed by atoms with Crippen molar-refractivity contribution in [2.75, 3.05) is 13.2 Å². The van der Waals surface area contributed by atoms with E-state index in [0.717, 1.165) is 36.1 Å². The molecule has 0 spiro atoms. The highest BCUT2D eigenvalue weighted by Crippen LogP contribution is 2.35. The molecule has 1 saturated carbocycles. The third-order valence-electron chi connectivity index (χ3n) is 6.98. The number of amides is 1. The zero-order valence-electron chi connectivity index (χ0n) is 20.1. The number of alkyl halides is 1. The van der Waals surface area contributed by atoms with E-state index in [-0.39, 0.29) is 18.8 Å². The van der Waals surface area contributed by atoms with Crippen molar-refractivity contribution >= 4 is 18.4 Å². The summed E-state index contributed by atoms with van der Waals surface area (Å²) in [6, 6.07) is 10.3. The van der Waals surface area contributed by atoms with Crippen LogP contribution < -0.4 is 4.72 Å². The minimum absolute atomic E-state index is 0.0510. The number of carbonyl (C=O) groups excluding carboxylic acids is 1. The zero-order chi connectivity index (χ0) is 24.2. The molecule has 4 nitrogen and oxygen atoms in total. The van der Waals surface area contributed by atoms with Crippen molar-refractivity contribution in [2.24, 2.45) is 0 Å². The molecule has 2 saturated heterocycles. The Hall–Kier alpha value is -1.96. The number of likely N-dealkylation sites (tertiary alicyclic amines) is 1. The van der Waals surface area contributed by atoms with Gasteiger partial charge in [0.2, 0.25) is 6.41 Å². The lowest BCUT2D eigenvalue weighted by atomic mass is 9.93. The molecule has 2 aromatic carbocycles. The number of carbonyl (C=O) groups is 1. The Morgan fingerprint density at radius 1 is 1.15 bits per heavy atom. The van der Waals surface area contributed by atoms with Crippen LogP contribution >= 0.6 is 11.9 Å². The Bertz CT molecular complexity index is 997. The minimum Gasteiger partial charge on any atom is -0.378 e. The van der Waals surface area contributed by atoms with Crippen LogP contribution in [0.1, 0.15) is 42.9 Å². The monoisotopic (exact) mass is 488 g/mol. The summed E-state index contributed by atoms with van der Waals surface area (Å²) in [5, 5.41) is 0.525. The molecular formula is C27H34F2N2O2S. The zero-order valence-corrected chi connectivity index (χ0v) is 20.9. The van der Waals surface area contributed by atoms with E-state index in [0.29, 0.717) is 28.9 Å². The lowest BCUT2D eigenvalue weighted by Crippen LogP contribution is -2.43. The number of hydrogen-bond donors (Lipinski definition) is 1. The molecule has 1 aliphatic carbocycles. The number of benzene rings is 2. The summed E-state index contributed by atoms with van der Waals surface area (Å²) < 4.78 is 38.3. The molecule has 184 valence electrons. The van der Waals surface area contributed by atoms with Crippen molar-refractivity contribution in [3.63, 3.8) is 0 Å². The molecule has 1 N–H and O–H groups in total. The predicted molar refractivity (Wildman–Crippen MR) is 134 cm³/mol. The maximum absolute atomic E-state index is 15.5. The van der Waals surface area contributed by atoms with Gasteiger partial charge in [-0.1, -0.05) is 48.3 Å². The number of hydrogen-bond acceptors (Lipinski definition) is 4.